The van der Waals surface area contributed by atoms with E-state index in [-0.39, 0.29) is 10.8 Å². The van der Waals surface area contributed by atoms with E-state index in [2.05, 4.69) is 223 Å². The Morgan fingerprint density at radius 2 is 0.707 bits per heavy atom. The van der Waals surface area contributed by atoms with Crippen LogP contribution in [0.15, 0.2) is 158 Å². The Morgan fingerprint density at radius 3 is 1.16 bits per heavy atom. The van der Waals surface area contributed by atoms with Crippen LogP contribution >= 0.6 is 0 Å². The number of nitrogens with zero attached hydrogens (tertiary/aromatic N) is 2. The summed E-state index contributed by atoms with van der Waals surface area (Å²) >= 11 is 0. The molecule has 8 aromatic rings. The zero-order chi connectivity index (χ0) is 40.1. The third kappa shape index (κ3) is 5.53. The van der Waals surface area contributed by atoms with Gasteiger partial charge in [0, 0.05) is 45.0 Å². The molecular weight excluding hydrogens is 701 g/mol. The predicted molar refractivity (Wildman–Crippen MR) is 247 cm³/mol. The maximum atomic E-state index is 2.55. The number of anilines is 6. The average Bonchev–Trinajstić information content (AvgIpc) is 3.45. The van der Waals surface area contributed by atoms with Crippen molar-refractivity contribution in [3.8, 4) is 22.3 Å². The van der Waals surface area contributed by atoms with Gasteiger partial charge < -0.3 is 9.80 Å². The van der Waals surface area contributed by atoms with Crippen LogP contribution in [0.3, 0.4) is 0 Å². The second-order valence-corrected chi connectivity index (χ2v) is 17.8. The SMILES string of the molecule is Cc1ccc(N(c2ccc(C)cc2)c2ccc3c(c2)C(C)(C)c2cc4c5c(cccc5c2-3)C(C)(C)c2cc(N(c3ccc(C)cc3)c3ccc(C)cc3)ccc2-4)cc1. The van der Waals surface area contributed by atoms with Gasteiger partial charge in [-0.25, -0.2) is 0 Å². The van der Waals surface area contributed by atoms with Crippen LogP contribution in [-0.4, -0.2) is 0 Å². The Kier molecular flexibility index (Phi) is 8.12. The molecule has 0 aliphatic heterocycles. The fourth-order valence-electron chi connectivity index (χ4n) is 9.79. The minimum absolute atomic E-state index is 0.214. The number of benzene rings is 8. The van der Waals surface area contributed by atoms with Crippen LogP contribution < -0.4 is 9.80 Å². The fraction of sp³-hybridized carbons (Fsp3) is 0.179. The van der Waals surface area contributed by atoms with E-state index >= 15 is 0 Å². The molecule has 0 radical (unpaired) electrons. The average molecular weight is 751 g/mol. The number of hydrogen-bond acceptors (Lipinski definition) is 2. The topological polar surface area (TPSA) is 6.48 Å². The lowest BCUT2D eigenvalue weighted by Crippen LogP contribution is -2.25. The van der Waals surface area contributed by atoms with Gasteiger partial charge in [0.05, 0.1) is 0 Å². The Labute approximate surface area is 344 Å². The van der Waals surface area contributed by atoms with Gasteiger partial charge >= 0.3 is 0 Å². The molecule has 0 heterocycles. The number of rotatable bonds is 6. The molecule has 284 valence electrons. The van der Waals surface area contributed by atoms with Crippen LogP contribution in [0.4, 0.5) is 34.1 Å². The maximum Gasteiger partial charge on any atom is 0.0465 e. The summed E-state index contributed by atoms with van der Waals surface area (Å²) in [5, 5.41) is 2.73. The molecule has 0 amide bonds. The van der Waals surface area contributed by atoms with Crippen molar-refractivity contribution >= 4 is 44.9 Å². The smallest absolute Gasteiger partial charge is 0.0465 e. The number of aryl methyl sites for hydroxylation is 4. The minimum Gasteiger partial charge on any atom is -0.310 e. The van der Waals surface area contributed by atoms with Crippen molar-refractivity contribution in [3.63, 3.8) is 0 Å². The highest BCUT2D eigenvalue weighted by molar-refractivity contribution is 6.13. The van der Waals surface area contributed by atoms with E-state index in [0.29, 0.717) is 0 Å². The predicted octanol–water partition coefficient (Wildman–Crippen LogP) is 15.6. The van der Waals surface area contributed by atoms with Gasteiger partial charge in [0.15, 0.2) is 0 Å². The van der Waals surface area contributed by atoms with Gasteiger partial charge in [0.25, 0.3) is 0 Å². The minimum atomic E-state index is -0.221. The first-order valence-electron chi connectivity index (χ1n) is 20.7. The Bertz CT molecular complexity index is 2800. The molecule has 0 fully saturated rings. The molecule has 0 aromatic heterocycles. The standard InChI is InChI=1S/C56H50N2/c1-35-12-20-39(21-13-35)57(40-22-14-36(2)15-23-40)43-28-30-45-48-34-52-53(47-10-9-11-49(54(47)48)55(5,6)50(45)32-43)46-31-29-44(33-51(46)56(52,7)8)58(41-24-16-37(3)17-25-41)42-26-18-38(4)19-27-42/h9-34H,1-8H3. The molecule has 0 N–H and O–H groups in total. The molecule has 0 atom stereocenters. The molecule has 2 aliphatic rings. The molecule has 2 aliphatic carbocycles. The third-order valence-electron chi connectivity index (χ3n) is 13.1. The summed E-state index contributed by atoms with van der Waals surface area (Å²) in [5.74, 6) is 0. The summed E-state index contributed by atoms with van der Waals surface area (Å²) in [5.41, 5.74) is 22.5. The van der Waals surface area contributed by atoms with Crippen molar-refractivity contribution in [3.05, 3.63) is 202 Å². The first-order chi connectivity index (χ1) is 27.9. The van der Waals surface area contributed by atoms with E-state index in [9.17, 15) is 0 Å². The van der Waals surface area contributed by atoms with Crippen LogP contribution in [0.2, 0.25) is 0 Å². The Morgan fingerprint density at radius 1 is 0.328 bits per heavy atom. The lowest BCUT2D eigenvalue weighted by molar-refractivity contribution is 0.644. The van der Waals surface area contributed by atoms with E-state index in [4.69, 9.17) is 0 Å². The summed E-state index contributed by atoms with van der Waals surface area (Å²) < 4.78 is 0. The Hall–Kier alpha value is -6.38. The van der Waals surface area contributed by atoms with Crippen LogP contribution in [-0.2, 0) is 10.8 Å². The number of hydrogen-bond donors (Lipinski definition) is 0. The van der Waals surface area contributed by atoms with Crippen LogP contribution in [0.5, 0.6) is 0 Å². The quantitative estimate of drug-likeness (QED) is 0.167. The first kappa shape index (κ1) is 36.0. The van der Waals surface area contributed by atoms with Crippen molar-refractivity contribution in [1.82, 2.24) is 0 Å². The summed E-state index contributed by atoms with van der Waals surface area (Å²) in [6, 6.07) is 59.5. The Balaban J connectivity index is 1.14. The molecule has 2 nitrogen and oxygen atoms in total. The van der Waals surface area contributed by atoms with E-state index in [0.717, 1.165) is 22.7 Å². The summed E-state index contributed by atoms with van der Waals surface area (Å²) in [4.78, 5) is 4.81. The highest BCUT2D eigenvalue weighted by atomic mass is 15.1. The zero-order valence-corrected chi connectivity index (χ0v) is 34.9. The summed E-state index contributed by atoms with van der Waals surface area (Å²) in [6.07, 6.45) is 0. The van der Waals surface area contributed by atoms with Gasteiger partial charge in [-0.05, 0) is 162 Å². The zero-order valence-electron chi connectivity index (χ0n) is 34.9. The van der Waals surface area contributed by atoms with Crippen LogP contribution in [0, 0.1) is 27.7 Å². The van der Waals surface area contributed by atoms with Crippen molar-refractivity contribution in [2.45, 2.75) is 66.2 Å². The highest BCUT2D eigenvalue weighted by Gasteiger charge is 2.41. The molecule has 10 rings (SSSR count). The van der Waals surface area contributed by atoms with Gasteiger partial charge in [-0.1, -0.05) is 129 Å². The molecule has 0 saturated carbocycles. The molecule has 0 bridgehead atoms. The van der Waals surface area contributed by atoms with Gasteiger partial charge in [0.1, 0.15) is 0 Å². The normalized spacial score (nSPS) is 14.1. The second-order valence-electron chi connectivity index (χ2n) is 17.8. The molecule has 58 heavy (non-hydrogen) atoms. The van der Waals surface area contributed by atoms with E-state index in [1.54, 1.807) is 0 Å². The van der Waals surface area contributed by atoms with Gasteiger partial charge in [-0.15, -0.1) is 0 Å². The summed E-state index contributed by atoms with van der Waals surface area (Å²) in [7, 11) is 0. The van der Waals surface area contributed by atoms with Gasteiger partial charge in [-0.3, -0.25) is 0 Å². The first-order valence-corrected chi connectivity index (χ1v) is 20.7. The summed E-state index contributed by atoms with van der Waals surface area (Å²) in [6.45, 7) is 18.3. The molecular formula is C56H50N2. The molecule has 0 saturated heterocycles. The van der Waals surface area contributed by atoms with Crippen molar-refractivity contribution in [1.29, 1.82) is 0 Å². The number of fused-ring (bicyclic) bond motifs is 6. The van der Waals surface area contributed by atoms with E-state index < -0.39 is 0 Å². The third-order valence-corrected chi connectivity index (χ3v) is 13.1. The fourth-order valence-corrected chi connectivity index (χ4v) is 9.79. The van der Waals surface area contributed by atoms with E-state index in [1.807, 2.05) is 0 Å². The van der Waals surface area contributed by atoms with Crippen LogP contribution in [0.1, 0.15) is 72.2 Å². The van der Waals surface area contributed by atoms with Crippen LogP contribution in [0.25, 0.3) is 33.0 Å². The van der Waals surface area contributed by atoms with Crippen molar-refractivity contribution in [2.24, 2.45) is 0 Å². The van der Waals surface area contributed by atoms with E-state index in [1.165, 1.54) is 88.9 Å². The molecule has 8 aromatic carbocycles. The maximum absolute atomic E-state index is 2.55. The van der Waals surface area contributed by atoms with Crippen molar-refractivity contribution in [2.75, 3.05) is 9.80 Å². The second kappa shape index (κ2) is 13.1. The molecule has 0 unspecified atom stereocenters. The van der Waals surface area contributed by atoms with Gasteiger partial charge in [-0.2, -0.15) is 0 Å². The highest BCUT2D eigenvalue weighted by Crippen LogP contribution is 2.58. The van der Waals surface area contributed by atoms with Gasteiger partial charge in [0.2, 0.25) is 0 Å². The molecule has 2 heteroatoms. The van der Waals surface area contributed by atoms with Crippen molar-refractivity contribution < 1.29 is 0 Å². The lowest BCUT2D eigenvalue weighted by atomic mass is 9.67. The monoisotopic (exact) mass is 750 g/mol. The largest absolute Gasteiger partial charge is 0.310 e. The lowest BCUT2D eigenvalue weighted by Gasteiger charge is -2.37. The molecule has 0 spiro atoms.